The van der Waals surface area contributed by atoms with Crippen LogP contribution in [-0.2, 0) is 10.0 Å². The number of hydrogen-bond acceptors (Lipinski definition) is 4. The Kier molecular flexibility index (Phi) is 4.92. The summed E-state index contributed by atoms with van der Waals surface area (Å²) in [6.45, 7) is 5.48. The lowest BCUT2D eigenvalue weighted by Crippen LogP contribution is -2.60. The molecule has 0 spiro atoms. The summed E-state index contributed by atoms with van der Waals surface area (Å²) in [5.74, 6) is 4.42. The molecule has 4 aliphatic carbocycles. The van der Waals surface area contributed by atoms with Crippen molar-refractivity contribution in [2.75, 3.05) is 32.8 Å². The normalized spacial score (nSPS) is 36.0. The van der Waals surface area contributed by atoms with Gasteiger partial charge in [-0.05, 0) is 87.0 Å². The van der Waals surface area contributed by atoms with Gasteiger partial charge in [0.2, 0.25) is 10.0 Å². The van der Waals surface area contributed by atoms with E-state index >= 15 is 0 Å². The third-order valence-electron chi connectivity index (χ3n) is 7.64. The first-order valence-corrected chi connectivity index (χ1v) is 12.5. The van der Waals surface area contributed by atoms with E-state index in [9.17, 15) is 8.42 Å². The van der Waals surface area contributed by atoms with Crippen LogP contribution in [0.3, 0.4) is 0 Å². The summed E-state index contributed by atoms with van der Waals surface area (Å²) in [5, 5.41) is 0. The number of benzene rings is 1. The lowest BCUT2D eigenvalue weighted by molar-refractivity contribution is -0.0720. The molecule has 1 aromatic rings. The third kappa shape index (κ3) is 3.27. The molecule has 6 rings (SSSR count). The Balaban J connectivity index is 1.24. The van der Waals surface area contributed by atoms with Crippen LogP contribution in [0.25, 0.3) is 0 Å². The highest BCUT2D eigenvalue weighted by Crippen LogP contribution is 2.55. The summed E-state index contributed by atoms with van der Waals surface area (Å²) < 4.78 is 33.2. The maximum absolute atomic E-state index is 13.1. The molecule has 5 nitrogen and oxygen atoms in total. The van der Waals surface area contributed by atoms with Crippen LogP contribution in [0.2, 0.25) is 0 Å². The van der Waals surface area contributed by atoms with Crippen molar-refractivity contribution in [1.29, 1.82) is 0 Å². The summed E-state index contributed by atoms with van der Waals surface area (Å²) in [6.07, 6.45) is 7.16. The van der Waals surface area contributed by atoms with Gasteiger partial charge >= 0.3 is 0 Å². The van der Waals surface area contributed by atoms with Crippen LogP contribution in [0.4, 0.5) is 0 Å². The minimum atomic E-state index is -3.42. The lowest BCUT2D eigenvalue weighted by atomic mass is 9.54. The number of sulfonamides is 1. The van der Waals surface area contributed by atoms with Crippen LogP contribution in [0, 0.1) is 23.7 Å². The fraction of sp³-hybridized carbons (Fsp3) is 0.727. The first-order chi connectivity index (χ1) is 13.5. The van der Waals surface area contributed by atoms with Crippen molar-refractivity contribution in [3.8, 4) is 5.75 Å². The Morgan fingerprint density at radius 2 is 1.46 bits per heavy atom. The molecule has 5 fully saturated rings. The number of ether oxygens (including phenoxy) is 1. The summed E-state index contributed by atoms with van der Waals surface area (Å²) in [6, 6.07) is 7.56. The van der Waals surface area contributed by atoms with Crippen molar-refractivity contribution in [2.24, 2.45) is 23.7 Å². The van der Waals surface area contributed by atoms with Crippen molar-refractivity contribution in [1.82, 2.24) is 9.21 Å². The molecule has 0 aromatic heterocycles. The Hall–Kier alpha value is -1.11. The number of hydrogen-bond donors (Lipinski definition) is 0. The molecular formula is C22H32N2O3S. The van der Waals surface area contributed by atoms with Crippen molar-refractivity contribution < 1.29 is 13.2 Å². The fourth-order valence-corrected chi connectivity index (χ4v) is 8.18. The highest BCUT2D eigenvalue weighted by molar-refractivity contribution is 7.89. The van der Waals surface area contributed by atoms with Gasteiger partial charge in [0.1, 0.15) is 5.75 Å². The summed E-state index contributed by atoms with van der Waals surface area (Å²) in [5.41, 5.74) is 0. The molecular weight excluding hydrogens is 372 g/mol. The molecule has 0 unspecified atom stereocenters. The van der Waals surface area contributed by atoms with Crippen LogP contribution in [0.5, 0.6) is 5.75 Å². The van der Waals surface area contributed by atoms with Crippen LogP contribution in [-0.4, -0.2) is 56.5 Å². The van der Waals surface area contributed by atoms with Gasteiger partial charge in [-0.15, -0.1) is 0 Å². The predicted molar refractivity (Wildman–Crippen MR) is 109 cm³/mol. The zero-order valence-corrected chi connectivity index (χ0v) is 17.6. The molecule has 1 heterocycles. The SMILES string of the molecule is CCOc1ccc(S(=O)(=O)N2CCN(C3C4CC5CC(C4)CC3C5)CC2)cc1. The Morgan fingerprint density at radius 1 is 0.893 bits per heavy atom. The molecule has 28 heavy (non-hydrogen) atoms. The second-order valence-corrected chi connectivity index (χ2v) is 11.2. The van der Waals surface area contributed by atoms with E-state index in [1.807, 2.05) is 6.92 Å². The second-order valence-electron chi connectivity index (χ2n) is 9.27. The smallest absolute Gasteiger partial charge is 0.243 e. The number of piperazine rings is 1. The van der Waals surface area contributed by atoms with Gasteiger partial charge in [-0.2, -0.15) is 4.31 Å². The largest absolute Gasteiger partial charge is 0.494 e. The van der Waals surface area contributed by atoms with E-state index < -0.39 is 10.0 Å². The van der Waals surface area contributed by atoms with E-state index in [1.54, 1.807) is 28.6 Å². The molecule has 0 atom stereocenters. The fourth-order valence-electron chi connectivity index (χ4n) is 6.76. The zero-order chi connectivity index (χ0) is 19.3. The topological polar surface area (TPSA) is 49.9 Å². The molecule has 1 aromatic carbocycles. The molecule has 4 saturated carbocycles. The standard InChI is InChI=1S/C22H32N2O3S/c1-2-27-20-3-5-21(6-4-20)28(25,26)24-9-7-23(8-10-24)22-18-12-16-11-17(14-18)15-19(22)13-16/h3-6,16-19,22H,2,7-15H2,1H3. The van der Waals surface area contributed by atoms with E-state index in [-0.39, 0.29) is 0 Å². The highest BCUT2D eigenvalue weighted by Gasteiger charge is 2.50. The van der Waals surface area contributed by atoms with Crippen molar-refractivity contribution in [3.05, 3.63) is 24.3 Å². The van der Waals surface area contributed by atoms with E-state index in [4.69, 9.17) is 4.74 Å². The first-order valence-electron chi connectivity index (χ1n) is 11.0. The van der Waals surface area contributed by atoms with Gasteiger partial charge in [0, 0.05) is 32.2 Å². The number of rotatable bonds is 5. The summed E-state index contributed by atoms with van der Waals surface area (Å²) in [7, 11) is -3.42. The molecule has 6 heteroatoms. The van der Waals surface area contributed by atoms with Crippen LogP contribution in [0.1, 0.15) is 39.0 Å². The first kappa shape index (κ1) is 18.9. The average molecular weight is 405 g/mol. The highest BCUT2D eigenvalue weighted by atomic mass is 32.2. The molecule has 4 bridgehead atoms. The second kappa shape index (κ2) is 7.29. The average Bonchev–Trinajstić information content (AvgIpc) is 2.68. The minimum Gasteiger partial charge on any atom is -0.494 e. The van der Waals surface area contributed by atoms with Gasteiger partial charge < -0.3 is 4.74 Å². The summed E-state index contributed by atoms with van der Waals surface area (Å²) in [4.78, 5) is 3.01. The molecule has 1 saturated heterocycles. The molecule has 0 radical (unpaired) electrons. The summed E-state index contributed by atoms with van der Waals surface area (Å²) >= 11 is 0. The Morgan fingerprint density at radius 3 is 2.00 bits per heavy atom. The van der Waals surface area contributed by atoms with E-state index in [1.165, 1.54) is 32.1 Å². The zero-order valence-electron chi connectivity index (χ0n) is 16.8. The predicted octanol–water partition coefficient (Wildman–Crippen LogP) is 3.22. The maximum Gasteiger partial charge on any atom is 0.243 e. The molecule has 0 N–H and O–H groups in total. The monoisotopic (exact) mass is 404 g/mol. The molecule has 154 valence electrons. The van der Waals surface area contributed by atoms with E-state index in [0.717, 1.165) is 36.8 Å². The maximum atomic E-state index is 13.1. The van der Waals surface area contributed by atoms with Crippen LogP contribution in [0.15, 0.2) is 29.2 Å². The van der Waals surface area contributed by atoms with Gasteiger partial charge in [-0.1, -0.05) is 0 Å². The van der Waals surface area contributed by atoms with Crippen LogP contribution >= 0.6 is 0 Å². The van der Waals surface area contributed by atoms with Crippen molar-refractivity contribution in [2.45, 2.75) is 50.0 Å². The van der Waals surface area contributed by atoms with Gasteiger partial charge in [0.05, 0.1) is 11.5 Å². The van der Waals surface area contributed by atoms with Gasteiger partial charge in [-0.25, -0.2) is 8.42 Å². The minimum absolute atomic E-state index is 0.374. The van der Waals surface area contributed by atoms with E-state index in [0.29, 0.717) is 36.4 Å². The van der Waals surface area contributed by atoms with Crippen LogP contribution < -0.4 is 4.74 Å². The van der Waals surface area contributed by atoms with Crippen molar-refractivity contribution >= 4 is 10.0 Å². The van der Waals surface area contributed by atoms with Gasteiger partial charge in [0.15, 0.2) is 0 Å². The van der Waals surface area contributed by atoms with Gasteiger partial charge in [-0.3, -0.25) is 4.90 Å². The number of nitrogens with zero attached hydrogens (tertiary/aromatic N) is 2. The van der Waals surface area contributed by atoms with Crippen molar-refractivity contribution in [3.63, 3.8) is 0 Å². The molecule has 0 amide bonds. The van der Waals surface area contributed by atoms with Gasteiger partial charge in [0.25, 0.3) is 0 Å². The Bertz CT molecular complexity index is 772. The quantitative estimate of drug-likeness (QED) is 0.756. The molecule has 1 aliphatic heterocycles. The third-order valence-corrected chi connectivity index (χ3v) is 9.56. The lowest BCUT2D eigenvalue weighted by Gasteiger charge is -2.58. The van der Waals surface area contributed by atoms with E-state index in [2.05, 4.69) is 4.90 Å². The molecule has 5 aliphatic rings. The Labute approximate surface area is 169 Å².